The number of thiophene rings is 1. The Morgan fingerprint density at radius 1 is 1.04 bits per heavy atom. The van der Waals surface area contributed by atoms with Gasteiger partial charge in [-0.1, -0.05) is 30.0 Å². The van der Waals surface area contributed by atoms with Crippen molar-refractivity contribution in [3.63, 3.8) is 0 Å². The van der Waals surface area contributed by atoms with E-state index in [0.717, 1.165) is 60.2 Å². The summed E-state index contributed by atoms with van der Waals surface area (Å²) in [6.07, 6.45) is 2.56. The minimum absolute atomic E-state index is 0.281. The van der Waals surface area contributed by atoms with E-state index in [-0.39, 0.29) is 5.78 Å². The summed E-state index contributed by atoms with van der Waals surface area (Å²) >= 11 is 1.63. The van der Waals surface area contributed by atoms with E-state index in [9.17, 15) is 4.79 Å². The SMILES string of the molecule is O=C1CCCc2c1sc(N1CCOCC1)c2C#Cc1ccccc1. The van der Waals surface area contributed by atoms with Crippen molar-refractivity contribution in [2.45, 2.75) is 19.3 Å². The van der Waals surface area contributed by atoms with Crippen molar-refractivity contribution < 1.29 is 9.53 Å². The van der Waals surface area contributed by atoms with Gasteiger partial charge in [0.2, 0.25) is 0 Å². The lowest BCUT2D eigenvalue weighted by molar-refractivity contribution is 0.0977. The van der Waals surface area contributed by atoms with Gasteiger partial charge in [-0.3, -0.25) is 4.79 Å². The summed E-state index contributed by atoms with van der Waals surface area (Å²) in [5.74, 6) is 6.94. The van der Waals surface area contributed by atoms with Gasteiger partial charge in [-0.2, -0.15) is 0 Å². The molecule has 24 heavy (non-hydrogen) atoms. The molecule has 0 amide bonds. The van der Waals surface area contributed by atoms with Crippen molar-refractivity contribution in [2.75, 3.05) is 31.2 Å². The lowest BCUT2D eigenvalue weighted by atomic mass is 9.94. The first-order valence-electron chi connectivity index (χ1n) is 8.41. The Morgan fingerprint density at radius 2 is 1.83 bits per heavy atom. The van der Waals surface area contributed by atoms with Gasteiger partial charge in [0.25, 0.3) is 0 Å². The van der Waals surface area contributed by atoms with Gasteiger partial charge in [0.1, 0.15) is 5.00 Å². The van der Waals surface area contributed by atoms with Crippen LogP contribution in [0.2, 0.25) is 0 Å². The number of hydrogen-bond acceptors (Lipinski definition) is 4. The molecule has 122 valence electrons. The number of carbonyl (C=O) groups is 1. The van der Waals surface area contributed by atoms with Gasteiger partial charge < -0.3 is 9.64 Å². The molecule has 4 heteroatoms. The van der Waals surface area contributed by atoms with Crippen LogP contribution in [0, 0.1) is 11.8 Å². The second kappa shape index (κ2) is 6.80. The highest BCUT2D eigenvalue weighted by atomic mass is 32.1. The van der Waals surface area contributed by atoms with Crippen LogP contribution >= 0.6 is 11.3 Å². The van der Waals surface area contributed by atoms with Gasteiger partial charge in [-0.05, 0) is 30.5 Å². The quantitative estimate of drug-likeness (QED) is 0.746. The molecule has 3 nitrogen and oxygen atoms in total. The number of benzene rings is 1. The molecule has 2 aliphatic rings. The van der Waals surface area contributed by atoms with E-state index in [1.54, 1.807) is 11.3 Å². The molecule has 0 saturated carbocycles. The molecule has 1 aliphatic heterocycles. The maximum absolute atomic E-state index is 12.3. The molecule has 0 bridgehead atoms. The minimum atomic E-state index is 0.281. The van der Waals surface area contributed by atoms with Crippen LogP contribution in [0.5, 0.6) is 0 Å². The van der Waals surface area contributed by atoms with Crippen molar-refractivity contribution >= 4 is 22.1 Å². The van der Waals surface area contributed by atoms with Crippen LogP contribution < -0.4 is 4.90 Å². The summed E-state index contributed by atoms with van der Waals surface area (Å²) in [7, 11) is 0. The summed E-state index contributed by atoms with van der Waals surface area (Å²) in [5.41, 5.74) is 3.24. The molecule has 1 aliphatic carbocycles. The van der Waals surface area contributed by atoms with E-state index in [1.807, 2.05) is 30.3 Å². The number of anilines is 1. The highest BCUT2D eigenvalue weighted by molar-refractivity contribution is 7.18. The van der Waals surface area contributed by atoms with E-state index in [0.29, 0.717) is 6.42 Å². The highest BCUT2D eigenvalue weighted by Crippen LogP contribution is 2.40. The zero-order valence-electron chi connectivity index (χ0n) is 13.5. The third-order valence-electron chi connectivity index (χ3n) is 4.48. The largest absolute Gasteiger partial charge is 0.378 e. The lowest BCUT2D eigenvalue weighted by Gasteiger charge is -2.28. The Hall–Kier alpha value is -2.09. The van der Waals surface area contributed by atoms with Crippen molar-refractivity contribution in [3.05, 3.63) is 51.9 Å². The fourth-order valence-electron chi connectivity index (χ4n) is 3.23. The Kier molecular flexibility index (Phi) is 4.38. The van der Waals surface area contributed by atoms with E-state index in [1.165, 1.54) is 5.56 Å². The molecular formula is C20H19NO2S. The average molecular weight is 337 g/mol. The molecule has 0 radical (unpaired) electrons. The standard InChI is InChI=1S/C20H19NO2S/c22-18-8-4-7-16-17(10-9-15-5-2-1-3-6-15)20(24-19(16)18)21-11-13-23-14-12-21/h1-3,5-6H,4,7-8,11-14H2. The van der Waals surface area contributed by atoms with E-state index >= 15 is 0 Å². The van der Waals surface area contributed by atoms with Crippen LogP contribution in [-0.4, -0.2) is 32.1 Å². The van der Waals surface area contributed by atoms with Gasteiger partial charge >= 0.3 is 0 Å². The fraction of sp³-hybridized carbons (Fsp3) is 0.350. The van der Waals surface area contributed by atoms with Gasteiger partial charge in [0, 0.05) is 25.1 Å². The number of fused-ring (bicyclic) bond motifs is 1. The van der Waals surface area contributed by atoms with Crippen LogP contribution in [0.1, 0.15) is 39.2 Å². The average Bonchev–Trinajstić information content (AvgIpc) is 3.02. The summed E-state index contributed by atoms with van der Waals surface area (Å²) < 4.78 is 5.47. The van der Waals surface area contributed by atoms with E-state index in [2.05, 4.69) is 16.7 Å². The number of nitrogens with zero attached hydrogens (tertiary/aromatic N) is 1. The number of hydrogen-bond donors (Lipinski definition) is 0. The number of Topliss-reactive ketones (excluding diaryl/α,β-unsaturated/α-hetero) is 1. The fourth-order valence-corrected chi connectivity index (χ4v) is 4.55. The molecule has 4 rings (SSSR count). The van der Waals surface area contributed by atoms with Crippen molar-refractivity contribution in [1.29, 1.82) is 0 Å². The molecule has 1 aromatic heterocycles. The Morgan fingerprint density at radius 3 is 2.62 bits per heavy atom. The second-order valence-electron chi connectivity index (χ2n) is 6.08. The summed E-state index contributed by atoms with van der Waals surface area (Å²) in [6.45, 7) is 3.21. The molecule has 2 heterocycles. The summed E-state index contributed by atoms with van der Waals surface area (Å²) in [5, 5.41) is 1.15. The van der Waals surface area contributed by atoms with Gasteiger partial charge in [-0.25, -0.2) is 0 Å². The lowest BCUT2D eigenvalue weighted by Crippen LogP contribution is -2.36. The number of ketones is 1. The molecule has 0 unspecified atom stereocenters. The van der Waals surface area contributed by atoms with Crippen LogP contribution in [0.3, 0.4) is 0 Å². The Bertz CT molecular complexity index is 807. The van der Waals surface area contributed by atoms with Gasteiger partial charge in [0.05, 0.1) is 23.7 Å². The number of rotatable bonds is 1. The summed E-state index contributed by atoms with van der Waals surface area (Å²) in [4.78, 5) is 15.6. The molecule has 1 aromatic carbocycles. The van der Waals surface area contributed by atoms with E-state index < -0.39 is 0 Å². The maximum Gasteiger partial charge on any atom is 0.173 e. The van der Waals surface area contributed by atoms with Gasteiger partial charge in [0.15, 0.2) is 5.78 Å². The monoisotopic (exact) mass is 337 g/mol. The van der Waals surface area contributed by atoms with Crippen LogP contribution in [0.4, 0.5) is 5.00 Å². The molecule has 2 aromatic rings. The predicted octanol–water partition coefficient (Wildman–Crippen LogP) is 3.50. The molecule has 1 fully saturated rings. The first-order chi connectivity index (χ1) is 11.8. The molecular weight excluding hydrogens is 318 g/mol. The number of morpholine rings is 1. The third kappa shape index (κ3) is 2.98. The summed E-state index contributed by atoms with van der Waals surface area (Å²) in [6, 6.07) is 10.0. The topological polar surface area (TPSA) is 29.5 Å². The van der Waals surface area contributed by atoms with Crippen LogP contribution in [0.15, 0.2) is 30.3 Å². The zero-order chi connectivity index (χ0) is 16.4. The molecule has 0 spiro atoms. The molecule has 0 N–H and O–H groups in total. The van der Waals surface area contributed by atoms with Crippen molar-refractivity contribution in [2.24, 2.45) is 0 Å². The van der Waals surface area contributed by atoms with Crippen molar-refractivity contribution in [3.8, 4) is 11.8 Å². The molecule has 1 saturated heterocycles. The van der Waals surface area contributed by atoms with Crippen LogP contribution in [0.25, 0.3) is 0 Å². The molecule has 0 atom stereocenters. The highest BCUT2D eigenvalue weighted by Gasteiger charge is 2.28. The predicted molar refractivity (Wildman–Crippen MR) is 97.0 cm³/mol. The smallest absolute Gasteiger partial charge is 0.173 e. The van der Waals surface area contributed by atoms with Crippen LogP contribution in [-0.2, 0) is 11.2 Å². The normalized spacial score (nSPS) is 17.2. The Labute approximate surface area is 146 Å². The number of carbonyl (C=O) groups excluding carboxylic acids is 1. The van der Waals surface area contributed by atoms with Gasteiger partial charge in [-0.15, -0.1) is 11.3 Å². The number of ether oxygens (including phenoxy) is 1. The first kappa shape index (κ1) is 15.4. The minimum Gasteiger partial charge on any atom is -0.378 e. The first-order valence-corrected chi connectivity index (χ1v) is 9.23. The Balaban J connectivity index is 1.78. The van der Waals surface area contributed by atoms with Crippen molar-refractivity contribution in [1.82, 2.24) is 0 Å². The third-order valence-corrected chi connectivity index (χ3v) is 5.81. The maximum atomic E-state index is 12.3. The van der Waals surface area contributed by atoms with E-state index in [4.69, 9.17) is 4.74 Å². The zero-order valence-corrected chi connectivity index (χ0v) is 14.3. The second-order valence-corrected chi connectivity index (χ2v) is 7.08.